The molecule has 0 saturated carbocycles. The smallest absolute Gasteiger partial charge is 0.0724 e. The second kappa shape index (κ2) is 6.63. The number of thiophene rings is 1. The molecule has 0 atom stereocenters. The van der Waals surface area contributed by atoms with E-state index in [0.29, 0.717) is 0 Å². The second-order valence-electron chi connectivity index (χ2n) is 9.30. The molecule has 2 heteroatoms. The van der Waals surface area contributed by atoms with E-state index in [1.807, 2.05) is 11.3 Å². The van der Waals surface area contributed by atoms with Crippen molar-refractivity contribution in [3.8, 4) is 11.3 Å². The maximum absolute atomic E-state index is 5.15. The van der Waals surface area contributed by atoms with Crippen LogP contribution in [0.25, 0.3) is 53.1 Å². The van der Waals surface area contributed by atoms with Gasteiger partial charge in [-0.1, -0.05) is 75.4 Å². The van der Waals surface area contributed by atoms with Crippen LogP contribution in [0.2, 0.25) is 0 Å². The van der Waals surface area contributed by atoms with Gasteiger partial charge >= 0.3 is 0 Å². The van der Waals surface area contributed by atoms with Crippen molar-refractivity contribution in [2.24, 2.45) is 0 Å². The SMILES string of the molecule is CC(C)(C)c1cc(-c2ccc3c(ccc4ccccc43)n2)c2sc3ccccc3c2c1. The van der Waals surface area contributed by atoms with Gasteiger partial charge in [-0.15, -0.1) is 11.3 Å². The highest BCUT2D eigenvalue weighted by atomic mass is 32.1. The van der Waals surface area contributed by atoms with Gasteiger partial charge in [-0.05, 0) is 52.1 Å². The van der Waals surface area contributed by atoms with Crippen LogP contribution in [0.15, 0.2) is 84.9 Å². The van der Waals surface area contributed by atoms with E-state index < -0.39 is 0 Å². The Morgan fingerprint density at radius 3 is 2.29 bits per heavy atom. The Bertz CT molecular complexity index is 1620. The van der Waals surface area contributed by atoms with E-state index in [1.165, 1.54) is 47.5 Å². The average Bonchev–Trinajstić information content (AvgIpc) is 3.16. The lowest BCUT2D eigenvalue weighted by Crippen LogP contribution is -2.11. The summed E-state index contributed by atoms with van der Waals surface area (Å²) >= 11 is 1.87. The first-order valence-corrected chi connectivity index (χ1v) is 11.6. The fourth-order valence-electron chi connectivity index (χ4n) is 4.49. The molecule has 0 N–H and O–H groups in total. The van der Waals surface area contributed by atoms with Gasteiger partial charge in [-0.25, -0.2) is 4.98 Å². The molecule has 0 amide bonds. The quantitative estimate of drug-likeness (QED) is 0.244. The van der Waals surface area contributed by atoms with Crippen LogP contribution in [0.5, 0.6) is 0 Å². The zero-order chi connectivity index (χ0) is 21.2. The standard InChI is InChI=1S/C29H23NS/c1-29(2,3)19-16-23-22-10-6-7-11-27(22)31-28(23)24(17-19)26-15-13-21-20-9-5-4-8-18(20)12-14-25(21)30-26/h4-17H,1-3H3. The van der Waals surface area contributed by atoms with Crippen molar-refractivity contribution in [1.82, 2.24) is 4.98 Å². The summed E-state index contributed by atoms with van der Waals surface area (Å²) in [6.07, 6.45) is 0. The summed E-state index contributed by atoms with van der Waals surface area (Å²) in [4.78, 5) is 5.15. The van der Waals surface area contributed by atoms with Crippen LogP contribution in [0.4, 0.5) is 0 Å². The van der Waals surface area contributed by atoms with Crippen LogP contribution in [0.3, 0.4) is 0 Å². The van der Waals surface area contributed by atoms with Crippen LogP contribution in [-0.2, 0) is 5.41 Å². The van der Waals surface area contributed by atoms with Crippen molar-refractivity contribution in [3.05, 3.63) is 90.5 Å². The first-order valence-electron chi connectivity index (χ1n) is 10.7. The minimum atomic E-state index is 0.0685. The number of fused-ring (bicyclic) bond motifs is 6. The number of rotatable bonds is 1. The van der Waals surface area contributed by atoms with Gasteiger partial charge in [0.15, 0.2) is 0 Å². The van der Waals surface area contributed by atoms with Crippen LogP contribution < -0.4 is 0 Å². The third-order valence-corrected chi connectivity index (χ3v) is 7.44. The second-order valence-corrected chi connectivity index (χ2v) is 10.4. The lowest BCUT2D eigenvalue weighted by molar-refractivity contribution is 0.591. The van der Waals surface area contributed by atoms with Gasteiger partial charge in [0.25, 0.3) is 0 Å². The van der Waals surface area contributed by atoms with E-state index in [2.05, 4.69) is 106 Å². The number of pyridine rings is 1. The third kappa shape index (κ3) is 2.94. The third-order valence-electron chi connectivity index (χ3n) is 6.22. The topological polar surface area (TPSA) is 12.9 Å². The van der Waals surface area contributed by atoms with Crippen molar-refractivity contribution in [2.45, 2.75) is 26.2 Å². The molecule has 0 spiro atoms. The van der Waals surface area contributed by atoms with Crippen molar-refractivity contribution in [3.63, 3.8) is 0 Å². The van der Waals surface area contributed by atoms with Crippen LogP contribution in [0.1, 0.15) is 26.3 Å². The Kier molecular flexibility index (Phi) is 3.97. The van der Waals surface area contributed by atoms with Crippen molar-refractivity contribution < 1.29 is 0 Å². The van der Waals surface area contributed by atoms with Crippen LogP contribution in [0, 0.1) is 0 Å². The highest BCUT2D eigenvalue weighted by Gasteiger charge is 2.20. The fourth-order valence-corrected chi connectivity index (χ4v) is 5.69. The first kappa shape index (κ1) is 18.5. The van der Waals surface area contributed by atoms with Crippen molar-refractivity contribution in [2.75, 3.05) is 0 Å². The molecule has 6 rings (SSSR count). The van der Waals surface area contributed by atoms with E-state index in [0.717, 1.165) is 11.2 Å². The Morgan fingerprint density at radius 1 is 0.677 bits per heavy atom. The van der Waals surface area contributed by atoms with Gasteiger partial charge in [-0.2, -0.15) is 0 Å². The molecular formula is C29H23NS. The maximum atomic E-state index is 5.15. The van der Waals surface area contributed by atoms with Crippen LogP contribution in [-0.4, -0.2) is 4.98 Å². The van der Waals surface area contributed by atoms with Gasteiger partial charge in [0.1, 0.15) is 0 Å². The minimum Gasteiger partial charge on any atom is -0.248 e. The average molecular weight is 418 g/mol. The maximum Gasteiger partial charge on any atom is 0.0724 e. The molecular weight excluding hydrogens is 394 g/mol. The molecule has 0 radical (unpaired) electrons. The monoisotopic (exact) mass is 417 g/mol. The molecule has 2 heterocycles. The lowest BCUT2D eigenvalue weighted by atomic mass is 9.84. The number of hydrogen-bond donors (Lipinski definition) is 0. The Hall–Kier alpha value is -3.23. The molecule has 0 unspecified atom stereocenters. The van der Waals surface area contributed by atoms with E-state index in [1.54, 1.807) is 0 Å². The highest BCUT2D eigenvalue weighted by molar-refractivity contribution is 7.26. The summed E-state index contributed by atoms with van der Waals surface area (Å²) in [6.45, 7) is 6.85. The summed E-state index contributed by atoms with van der Waals surface area (Å²) in [5, 5.41) is 6.40. The summed E-state index contributed by atoms with van der Waals surface area (Å²) < 4.78 is 2.65. The molecule has 0 aliphatic heterocycles. The van der Waals surface area contributed by atoms with Crippen molar-refractivity contribution in [1.29, 1.82) is 0 Å². The molecule has 0 fully saturated rings. The minimum absolute atomic E-state index is 0.0685. The molecule has 150 valence electrons. The summed E-state index contributed by atoms with van der Waals surface area (Å²) in [7, 11) is 0. The zero-order valence-corrected chi connectivity index (χ0v) is 18.8. The number of nitrogens with zero attached hydrogens (tertiary/aromatic N) is 1. The van der Waals surface area contributed by atoms with Gasteiger partial charge in [0.2, 0.25) is 0 Å². The molecule has 0 bridgehead atoms. The fraction of sp³-hybridized carbons (Fsp3) is 0.138. The Morgan fingerprint density at radius 2 is 1.45 bits per heavy atom. The van der Waals surface area contributed by atoms with Gasteiger partial charge < -0.3 is 0 Å². The van der Waals surface area contributed by atoms with Gasteiger partial charge in [0.05, 0.1) is 11.2 Å². The summed E-state index contributed by atoms with van der Waals surface area (Å²) in [5.41, 5.74) is 4.74. The zero-order valence-electron chi connectivity index (χ0n) is 17.9. The Labute approximate surface area is 186 Å². The molecule has 2 aromatic heterocycles. The van der Waals surface area contributed by atoms with E-state index in [9.17, 15) is 0 Å². The van der Waals surface area contributed by atoms with Crippen LogP contribution >= 0.6 is 11.3 Å². The molecule has 31 heavy (non-hydrogen) atoms. The molecule has 0 aliphatic rings. The molecule has 6 aromatic rings. The number of aromatic nitrogens is 1. The number of hydrogen-bond acceptors (Lipinski definition) is 2. The predicted molar refractivity (Wildman–Crippen MR) is 136 cm³/mol. The molecule has 1 nitrogen and oxygen atoms in total. The van der Waals surface area contributed by atoms with E-state index >= 15 is 0 Å². The van der Waals surface area contributed by atoms with E-state index in [-0.39, 0.29) is 5.41 Å². The highest BCUT2D eigenvalue weighted by Crippen LogP contribution is 2.42. The van der Waals surface area contributed by atoms with Crippen molar-refractivity contribution >= 4 is 53.2 Å². The largest absolute Gasteiger partial charge is 0.248 e. The molecule has 0 saturated heterocycles. The van der Waals surface area contributed by atoms with E-state index in [4.69, 9.17) is 4.98 Å². The predicted octanol–water partition coefficient (Wildman–Crippen LogP) is 8.72. The molecule has 0 aliphatic carbocycles. The lowest BCUT2D eigenvalue weighted by Gasteiger charge is -2.20. The Balaban J connectivity index is 1.68. The van der Waals surface area contributed by atoms with Gasteiger partial charge in [-0.3, -0.25) is 0 Å². The summed E-state index contributed by atoms with van der Waals surface area (Å²) in [5.74, 6) is 0. The summed E-state index contributed by atoms with van der Waals surface area (Å²) in [6, 6.07) is 30.8. The first-order chi connectivity index (χ1) is 15.0. The molecule has 4 aromatic carbocycles. The normalized spacial score (nSPS) is 12.4. The number of benzene rings is 4. The van der Waals surface area contributed by atoms with Gasteiger partial charge in [0, 0.05) is 31.1 Å².